The molecular weight excluding hydrogens is 232 g/mol. The van der Waals surface area contributed by atoms with Gasteiger partial charge in [-0.3, -0.25) is 0 Å². The lowest BCUT2D eigenvalue weighted by atomic mass is 10.2. The lowest BCUT2D eigenvalue weighted by molar-refractivity contribution is 0.850. The Bertz CT molecular complexity index is 613. The van der Waals surface area contributed by atoms with Crippen LogP contribution < -0.4 is 5.73 Å². The summed E-state index contributed by atoms with van der Waals surface area (Å²) in [5.41, 5.74) is 8.47. The van der Waals surface area contributed by atoms with Crippen molar-refractivity contribution in [1.82, 2.24) is 14.8 Å². The Balaban J connectivity index is 2.08. The minimum absolute atomic E-state index is 0.661. The van der Waals surface area contributed by atoms with Gasteiger partial charge >= 0.3 is 0 Å². The summed E-state index contributed by atoms with van der Waals surface area (Å²) in [6.45, 7) is 0. The van der Waals surface area contributed by atoms with Crippen molar-refractivity contribution < 1.29 is 0 Å². The molecule has 0 aliphatic rings. The molecule has 3 aromatic heterocycles. The molecule has 0 aromatic carbocycles. The number of anilines is 1. The number of pyridine rings is 1. The lowest BCUT2D eigenvalue weighted by Crippen LogP contribution is -1.96. The van der Waals surface area contributed by atoms with Crippen LogP contribution >= 0.6 is 11.3 Å². The lowest BCUT2D eigenvalue weighted by Gasteiger charge is -1.97. The number of nitrogen functional groups attached to an aromatic ring is 1. The van der Waals surface area contributed by atoms with Crippen molar-refractivity contribution in [1.29, 1.82) is 0 Å². The molecule has 0 unspecified atom stereocenters. The molecule has 84 valence electrons. The van der Waals surface area contributed by atoms with Gasteiger partial charge in [-0.1, -0.05) is 6.07 Å². The monoisotopic (exact) mass is 242 g/mol. The Labute approximate surface area is 102 Å². The predicted molar refractivity (Wildman–Crippen MR) is 69.1 cm³/mol. The Morgan fingerprint density at radius 2 is 2.18 bits per heavy atom. The second kappa shape index (κ2) is 4.03. The molecule has 0 spiro atoms. The molecule has 0 saturated heterocycles. The van der Waals surface area contributed by atoms with E-state index in [1.165, 1.54) is 0 Å². The van der Waals surface area contributed by atoms with Crippen LogP contribution in [0.3, 0.4) is 0 Å². The third-order valence-electron chi connectivity index (χ3n) is 2.42. The standard InChI is InChI=1S/C12H10N4S/c13-10-7-16(11-3-1-2-5-14-11)15-12(10)9-4-6-17-8-9/h1-8H,13H2. The summed E-state index contributed by atoms with van der Waals surface area (Å²) in [6, 6.07) is 7.69. The zero-order chi connectivity index (χ0) is 11.7. The number of nitrogens with zero attached hydrogens (tertiary/aromatic N) is 3. The van der Waals surface area contributed by atoms with Gasteiger partial charge in [0.2, 0.25) is 0 Å². The predicted octanol–water partition coefficient (Wildman–Crippen LogP) is 2.58. The maximum absolute atomic E-state index is 5.96. The Morgan fingerprint density at radius 3 is 2.88 bits per heavy atom. The summed E-state index contributed by atoms with van der Waals surface area (Å²) >= 11 is 1.63. The van der Waals surface area contributed by atoms with E-state index in [0.717, 1.165) is 17.1 Å². The Morgan fingerprint density at radius 1 is 1.24 bits per heavy atom. The average Bonchev–Trinajstić information content (AvgIpc) is 2.99. The zero-order valence-corrected chi connectivity index (χ0v) is 9.76. The van der Waals surface area contributed by atoms with Crippen molar-refractivity contribution in [2.24, 2.45) is 0 Å². The molecule has 5 heteroatoms. The van der Waals surface area contributed by atoms with Crippen molar-refractivity contribution in [2.45, 2.75) is 0 Å². The summed E-state index contributed by atoms with van der Waals surface area (Å²) in [7, 11) is 0. The molecule has 3 aromatic rings. The molecule has 0 bridgehead atoms. The second-order valence-electron chi connectivity index (χ2n) is 3.58. The van der Waals surface area contributed by atoms with Crippen LogP contribution in [0.5, 0.6) is 0 Å². The normalized spacial score (nSPS) is 10.6. The zero-order valence-electron chi connectivity index (χ0n) is 8.95. The topological polar surface area (TPSA) is 56.7 Å². The average molecular weight is 242 g/mol. The number of rotatable bonds is 2. The van der Waals surface area contributed by atoms with Crippen LogP contribution in [-0.4, -0.2) is 14.8 Å². The summed E-state index contributed by atoms with van der Waals surface area (Å²) < 4.78 is 1.70. The van der Waals surface area contributed by atoms with Crippen LogP contribution in [-0.2, 0) is 0 Å². The van der Waals surface area contributed by atoms with E-state index in [1.54, 1.807) is 28.4 Å². The van der Waals surface area contributed by atoms with Gasteiger partial charge < -0.3 is 5.73 Å². The highest BCUT2D eigenvalue weighted by Gasteiger charge is 2.09. The maximum Gasteiger partial charge on any atom is 0.153 e. The van der Waals surface area contributed by atoms with Gasteiger partial charge in [0.05, 0.1) is 11.9 Å². The van der Waals surface area contributed by atoms with Crippen molar-refractivity contribution in [3.8, 4) is 17.1 Å². The molecule has 3 rings (SSSR count). The van der Waals surface area contributed by atoms with E-state index in [2.05, 4.69) is 10.1 Å². The van der Waals surface area contributed by atoms with Gasteiger partial charge in [-0.05, 0) is 23.6 Å². The number of thiophene rings is 1. The maximum atomic E-state index is 5.96. The van der Waals surface area contributed by atoms with Crippen molar-refractivity contribution in [2.75, 3.05) is 5.73 Å². The molecule has 0 aliphatic heterocycles. The van der Waals surface area contributed by atoms with Crippen LogP contribution in [0.1, 0.15) is 0 Å². The molecule has 2 N–H and O–H groups in total. The molecule has 0 saturated carbocycles. The van der Waals surface area contributed by atoms with E-state index >= 15 is 0 Å². The van der Waals surface area contributed by atoms with Gasteiger partial charge in [-0.25, -0.2) is 9.67 Å². The van der Waals surface area contributed by atoms with E-state index in [9.17, 15) is 0 Å². The van der Waals surface area contributed by atoms with Gasteiger partial charge in [0, 0.05) is 17.1 Å². The molecule has 4 nitrogen and oxygen atoms in total. The smallest absolute Gasteiger partial charge is 0.153 e. The Kier molecular flexibility index (Phi) is 2.38. The second-order valence-corrected chi connectivity index (χ2v) is 4.36. The first kappa shape index (κ1) is 10.0. The van der Waals surface area contributed by atoms with Crippen LogP contribution in [0.25, 0.3) is 17.1 Å². The first-order valence-corrected chi connectivity index (χ1v) is 6.08. The minimum Gasteiger partial charge on any atom is -0.396 e. The van der Waals surface area contributed by atoms with Crippen molar-refractivity contribution >= 4 is 17.0 Å². The molecule has 0 fully saturated rings. The summed E-state index contributed by atoms with van der Waals surface area (Å²) in [6.07, 6.45) is 3.52. The van der Waals surface area contributed by atoms with E-state index < -0.39 is 0 Å². The van der Waals surface area contributed by atoms with E-state index in [0.29, 0.717) is 5.69 Å². The van der Waals surface area contributed by atoms with Crippen LogP contribution in [0.15, 0.2) is 47.4 Å². The molecule has 3 heterocycles. The molecule has 0 aliphatic carbocycles. The highest BCUT2D eigenvalue weighted by Crippen LogP contribution is 2.26. The quantitative estimate of drug-likeness (QED) is 0.751. The van der Waals surface area contributed by atoms with Crippen LogP contribution in [0.4, 0.5) is 5.69 Å². The summed E-state index contributed by atoms with van der Waals surface area (Å²) in [4.78, 5) is 4.23. The molecule has 0 amide bonds. The van der Waals surface area contributed by atoms with Gasteiger partial charge in [-0.15, -0.1) is 0 Å². The third kappa shape index (κ3) is 1.81. The third-order valence-corrected chi connectivity index (χ3v) is 3.10. The van der Waals surface area contributed by atoms with E-state index in [4.69, 9.17) is 5.73 Å². The fourth-order valence-corrected chi connectivity index (χ4v) is 2.26. The number of hydrogen-bond acceptors (Lipinski definition) is 4. The number of aromatic nitrogens is 3. The van der Waals surface area contributed by atoms with E-state index in [1.807, 2.05) is 35.0 Å². The SMILES string of the molecule is Nc1cn(-c2ccccn2)nc1-c1ccsc1. The first-order valence-electron chi connectivity index (χ1n) is 5.14. The minimum atomic E-state index is 0.661. The van der Waals surface area contributed by atoms with Crippen LogP contribution in [0, 0.1) is 0 Å². The van der Waals surface area contributed by atoms with Crippen LogP contribution in [0.2, 0.25) is 0 Å². The molecule has 0 radical (unpaired) electrons. The van der Waals surface area contributed by atoms with Crippen molar-refractivity contribution in [3.63, 3.8) is 0 Å². The first-order chi connectivity index (χ1) is 8.34. The number of hydrogen-bond donors (Lipinski definition) is 1. The van der Waals surface area contributed by atoms with Crippen molar-refractivity contribution in [3.05, 3.63) is 47.4 Å². The largest absolute Gasteiger partial charge is 0.396 e. The molecular formula is C12H10N4S. The molecule has 17 heavy (non-hydrogen) atoms. The van der Waals surface area contributed by atoms with Gasteiger partial charge in [-0.2, -0.15) is 16.4 Å². The van der Waals surface area contributed by atoms with Gasteiger partial charge in [0.15, 0.2) is 5.82 Å². The van der Waals surface area contributed by atoms with Gasteiger partial charge in [0.25, 0.3) is 0 Å². The summed E-state index contributed by atoms with van der Waals surface area (Å²) in [5.74, 6) is 0.765. The fraction of sp³-hybridized carbons (Fsp3) is 0. The van der Waals surface area contributed by atoms with E-state index in [-0.39, 0.29) is 0 Å². The van der Waals surface area contributed by atoms with Gasteiger partial charge in [0.1, 0.15) is 5.69 Å². The summed E-state index contributed by atoms with van der Waals surface area (Å²) in [5, 5.41) is 8.50. The number of nitrogens with two attached hydrogens (primary N) is 1. The highest BCUT2D eigenvalue weighted by atomic mass is 32.1. The fourth-order valence-electron chi connectivity index (χ4n) is 1.62. The molecule has 0 atom stereocenters. The highest BCUT2D eigenvalue weighted by molar-refractivity contribution is 7.08. The Hall–Kier alpha value is -2.14.